The number of carbonyl (C=O) groups is 2. The van der Waals surface area contributed by atoms with E-state index in [9.17, 15) is 9.59 Å². The standard InChI is InChI=1S/C25H24N6O4/c1-34-21-6-2-5-20(12-21)31-15-22(26)23(30-31)29-24(32)19-9-7-17(8-10-19)14-28-25(33)35-16-18-4-3-11-27-13-18/h2-13,15H,14,16,26H2,1H3,(H,28,33)(H,29,30,32). The van der Waals surface area contributed by atoms with Crippen LogP contribution in [0.5, 0.6) is 5.75 Å². The maximum Gasteiger partial charge on any atom is 0.407 e. The molecule has 0 atom stereocenters. The van der Waals surface area contributed by atoms with E-state index in [0.717, 1.165) is 16.8 Å². The summed E-state index contributed by atoms with van der Waals surface area (Å²) < 4.78 is 12.0. The van der Waals surface area contributed by atoms with E-state index in [4.69, 9.17) is 15.2 Å². The summed E-state index contributed by atoms with van der Waals surface area (Å²) in [5.41, 5.74) is 9.14. The maximum absolute atomic E-state index is 12.7. The molecule has 2 aromatic carbocycles. The lowest BCUT2D eigenvalue weighted by atomic mass is 10.1. The number of alkyl carbamates (subject to hydrolysis) is 1. The van der Waals surface area contributed by atoms with Gasteiger partial charge in [0.1, 0.15) is 12.4 Å². The van der Waals surface area contributed by atoms with Crippen molar-refractivity contribution >= 4 is 23.5 Å². The number of rotatable bonds is 8. The summed E-state index contributed by atoms with van der Waals surface area (Å²) in [5.74, 6) is 0.571. The first-order valence-corrected chi connectivity index (χ1v) is 10.7. The van der Waals surface area contributed by atoms with Crippen molar-refractivity contribution < 1.29 is 19.1 Å². The largest absolute Gasteiger partial charge is 0.497 e. The van der Waals surface area contributed by atoms with Gasteiger partial charge in [0, 0.05) is 36.1 Å². The van der Waals surface area contributed by atoms with E-state index in [2.05, 4.69) is 20.7 Å². The Kier molecular flexibility index (Phi) is 7.22. The van der Waals surface area contributed by atoms with E-state index in [1.807, 2.05) is 24.3 Å². The molecule has 4 rings (SSSR count). The Morgan fingerprint density at radius 1 is 1.06 bits per heavy atom. The second-order valence-electron chi connectivity index (χ2n) is 7.52. The molecule has 0 saturated heterocycles. The number of benzene rings is 2. The van der Waals surface area contributed by atoms with Gasteiger partial charge in [-0.3, -0.25) is 9.78 Å². The van der Waals surface area contributed by atoms with Crippen LogP contribution in [0.25, 0.3) is 5.69 Å². The highest BCUT2D eigenvalue weighted by molar-refractivity contribution is 6.05. The molecule has 4 aromatic rings. The number of amides is 2. The van der Waals surface area contributed by atoms with Crippen LogP contribution < -0.4 is 21.1 Å². The van der Waals surface area contributed by atoms with Gasteiger partial charge in [0.2, 0.25) is 0 Å². The van der Waals surface area contributed by atoms with Gasteiger partial charge in [-0.15, -0.1) is 5.10 Å². The fraction of sp³-hybridized carbons (Fsp3) is 0.120. The third-order valence-electron chi connectivity index (χ3n) is 5.04. The molecule has 0 aliphatic carbocycles. The number of pyridine rings is 1. The van der Waals surface area contributed by atoms with Crippen molar-refractivity contribution in [3.63, 3.8) is 0 Å². The molecule has 2 heterocycles. The third-order valence-corrected chi connectivity index (χ3v) is 5.04. The van der Waals surface area contributed by atoms with Crippen molar-refractivity contribution in [2.45, 2.75) is 13.2 Å². The fourth-order valence-electron chi connectivity index (χ4n) is 3.18. The van der Waals surface area contributed by atoms with E-state index in [-0.39, 0.29) is 24.9 Å². The number of nitrogen functional groups attached to an aromatic ring is 1. The van der Waals surface area contributed by atoms with Gasteiger partial charge in [0.15, 0.2) is 5.82 Å². The van der Waals surface area contributed by atoms with E-state index in [1.165, 1.54) is 0 Å². The summed E-state index contributed by atoms with van der Waals surface area (Å²) in [6.45, 7) is 0.390. The molecule has 0 spiro atoms. The van der Waals surface area contributed by atoms with Gasteiger partial charge in [-0.05, 0) is 35.9 Å². The molecule has 178 valence electrons. The maximum atomic E-state index is 12.7. The Hall–Kier alpha value is -4.86. The minimum atomic E-state index is -0.544. The lowest BCUT2D eigenvalue weighted by molar-refractivity contribution is 0.102. The molecule has 0 aliphatic rings. The van der Waals surface area contributed by atoms with Crippen molar-refractivity contribution in [2.75, 3.05) is 18.2 Å². The minimum absolute atomic E-state index is 0.134. The lowest BCUT2D eigenvalue weighted by Crippen LogP contribution is -2.23. The van der Waals surface area contributed by atoms with Crippen LogP contribution in [-0.4, -0.2) is 33.9 Å². The Bertz CT molecular complexity index is 1310. The molecule has 0 saturated carbocycles. The molecule has 0 aliphatic heterocycles. The molecule has 10 heteroatoms. The van der Waals surface area contributed by atoms with Crippen LogP contribution >= 0.6 is 0 Å². The summed E-state index contributed by atoms with van der Waals surface area (Å²) in [7, 11) is 1.58. The van der Waals surface area contributed by atoms with Gasteiger partial charge in [-0.2, -0.15) is 0 Å². The smallest absolute Gasteiger partial charge is 0.407 e. The average molecular weight is 473 g/mol. The van der Waals surface area contributed by atoms with Gasteiger partial charge in [0.25, 0.3) is 5.91 Å². The van der Waals surface area contributed by atoms with Gasteiger partial charge < -0.3 is 25.8 Å². The number of methoxy groups -OCH3 is 1. The molecule has 0 radical (unpaired) electrons. The Morgan fingerprint density at radius 3 is 2.63 bits per heavy atom. The van der Waals surface area contributed by atoms with E-state index in [0.29, 0.717) is 17.0 Å². The minimum Gasteiger partial charge on any atom is -0.497 e. The lowest BCUT2D eigenvalue weighted by Gasteiger charge is -2.08. The van der Waals surface area contributed by atoms with Crippen LogP contribution in [-0.2, 0) is 17.9 Å². The van der Waals surface area contributed by atoms with Crippen molar-refractivity contribution in [1.29, 1.82) is 0 Å². The highest BCUT2D eigenvalue weighted by Crippen LogP contribution is 2.22. The summed E-state index contributed by atoms with van der Waals surface area (Å²) in [4.78, 5) is 28.5. The molecule has 2 amide bonds. The number of aromatic nitrogens is 3. The number of nitrogens with zero attached hydrogens (tertiary/aromatic N) is 3. The molecule has 2 aromatic heterocycles. The third kappa shape index (κ3) is 6.14. The summed E-state index contributed by atoms with van der Waals surface area (Å²) >= 11 is 0. The molecule has 0 bridgehead atoms. The summed E-state index contributed by atoms with van der Waals surface area (Å²) in [6.07, 6.45) is 4.36. The number of nitrogens with two attached hydrogens (primary N) is 1. The van der Waals surface area contributed by atoms with Crippen molar-refractivity contribution in [3.05, 3.63) is 95.9 Å². The van der Waals surface area contributed by atoms with E-state index >= 15 is 0 Å². The fourth-order valence-corrected chi connectivity index (χ4v) is 3.18. The molecular weight excluding hydrogens is 448 g/mol. The quantitative estimate of drug-likeness (QED) is 0.357. The van der Waals surface area contributed by atoms with Crippen LogP contribution in [0.2, 0.25) is 0 Å². The monoisotopic (exact) mass is 472 g/mol. The van der Waals surface area contributed by atoms with Crippen LogP contribution in [0.15, 0.2) is 79.3 Å². The Balaban J connectivity index is 1.31. The summed E-state index contributed by atoms with van der Waals surface area (Å²) in [5, 5.41) is 9.76. The van der Waals surface area contributed by atoms with Gasteiger partial charge >= 0.3 is 6.09 Å². The Labute approximate surface area is 201 Å². The SMILES string of the molecule is COc1cccc(-n2cc(N)c(NC(=O)c3ccc(CNC(=O)OCc4cccnc4)cc3)n2)c1. The van der Waals surface area contributed by atoms with Crippen LogP contribution in [0.1, 0.15) is 21.5 Å². The molecular formula is C25H24N6O4. The second kappa shape index (κ2) is 10.8. The highest BCUT2D eigenvalue weighted by Gasteiger charge is 2.13. The number of anilines is 2. The predicted molar refractivity (Wildman–Crippen MR) is 130 cm³/mol. The van der Waals surface area contributed by atoms with Crippen LogP contribution in [0.3, 0.4) is 0 Å². The van der Waals surface area contributed by atoms with E-state index in [1.54, 1.807) is 66.8 Å². The number of hydrogen-bond acceptors (Lipinski definition) is 7. The Morgan fingerprint density at radius 2 is 1.89 bits per heavy atom. The highest BCUT2D eigenvalue weighted by atomic mass is 16.5. The number of nitrogens with one attached hydrogen (secondary N) is 2. The van der Waals surface area contributed by atoms with Crippen molar-refractivity contribution in [1.82, 2.24) is 20.1 Å². The summed E-state index contributed by atoms with van der Waals surface area (Å²) in [6, 6.07) is 17.7. The zero-order chi connectivity index (χ0) is 24.6. The number of ether oxygens (including phenoxy) is 2. The normalized spacial score (nSPS) is 10.4. The van der Waals surface area contributed by atoms with Crippen molar-refractivity contribution in [2.24, 2.45) is 0 Å². The molecule has 10 nitrogen and oxygen atoms in total. The van der Waals surface area contributed by atoms with Gasteiger partial charge in [-0.25, -0.2) is 9.48 Å². The van der Waals surface area contributed by atoms with Gasteiger partial charge in [0.05, 0.1) is 24.7 Å². The van der Waals surface area contributed by atoms with Crippen LogP contribution in [0, 0.1) is 0 Å². The second-order valence-corrected chi connectivity index (χ2v) is 7.52. The molecule has 4 N–H and O–H groups in total. The molecule has 0 unspecified atom stereocenters. The first kappa shape index (κ1) is 23.3. The van der Waals surface area contributed by atoms with E-state index < -0.39 is 6.09 Å². The first-order chi connectivity index (χ1) is 17.0. The topological polar surface area (TPSA) is 133 Å². The number of hydrogen-bond donors (Lipinski definition) is 3. The van der Waals surface area contributed by atoms with Crippen molar-refractivity contribution in [3.8, 4) is 11.4 Å². The number of carbonyl (C=O) groups excluding carboxylic acids is 2. The predicted octanol–water partition coefficient (Wildman–Crippen LogP) is 3.54. The molecule has 35 heavy (non-hydrogen) atoms. The average Bonchev–Trinajstić information content (AvgIpc) is 3.27. The molecule has 0 fully saturated rings. The zero-order valence-electron chi connectivity index (χ0n) is 19.0. The first-order valence-electron chi connectivity index (χ1n) is 10.7. The van der Waals surface area contributed by atoms with Crippen LogP contribution in [0.4, 0.5) is 16.3 Å². The zero-order valence-corrected chi connectivity index (χ0v) is 19.0. The van der Waals surface area contributed by atoms with Gasteiger partial charge in [-0.1, -0.05) is 24.3 Å².